The lowest BCUT2D eigenvalue weighted by molar-refractivity contribution is -0.114. The van der Waals surface area contributed by atoms with Crippen LogP contribution >= 0.6 is 0 Å². The van der Waals surface area contributed by atoms with Gasteiger partial charge in [0.15, 0.2) is 0 Å². The molecule has 1 saturated heterocycles. The first-order chi connectivity index (χ1) is 15.4. The highest BCUT2D eigenvalue weighted by atomic mass is 32.2. The molecule has 3 aromatic carbocycles. The average molecular weight is 450 g/mol. The Labute approximate surface area is 189 Å². The van der Waals surface area contributed by atoms with Crippen LogP contribution in [-0.2, 0) is 14.8 Å². The predicted octanol–water partition coefficient (Wildman–Crippen LogP) is 3.74. The minimum atomic E-state index is -3.59. The zero-order chi connectivity index (χ0) is 22.6. The summed E-state index contributed by atoms with van der Waals surface area (Å²) in [5.41, 5.74) is 2.97. The van der Waals surface area contributed by atoms with Crippen LogP contribution in [0.2, 0.25) is 0 Å². The number of rotatable bonds is 6. The van der Waals surface area contributed by atoms with Crippen LogP contribution in [-0.4, -0.2) is 49.7 Å². The van der Waals surface area contributed by atoms with Gasteiger partial charge < -0.3 is 5.32 Å². The Bertz CT molecular complexity index is 1100. The monoisotopic (exact) mass is 449 g/mol. The highest BCUT2D eigenvalue weighted by molar-refractivity contribution is 7.89. The third-order valence-corrected chi connectivity index (χ3v) is 7.59. The number of hydrogen-bond acceptors (Lipinski definition) is 4. The number of benzene rings is 3. The first kappa shape index (κ1) is 22.2. The summed E-state index contributed by atoms with van der Waals surface area (Å²) >= 11 is 0. The van der Waals surface area contributed by atoms with Gasteiger partial charge in [-0.15, -0.1) is 0 Å². The second-order valence-electron chi connectivity index (χ2n) is 7.87. The van der Waals surface area contributed by atoms with Crippen LogP contribution in [0.15, 0.2) is 89.8 Å². The van der Waals surface area contributed by atoms with E-state index >= 15 is 0 Å². The van der Waals surface area contributed by atoms with Crippen LogP contribution < -0.4 is 5.32 Å². The Hall–Kier alpha value is -3.00. The Morgan fingerprint density at radius 3 is 1.75 bits per heavy atom. The van der Waals surface area contributed by atoms with Crippen molar-refractivity contribution in [3.63, 3.8) is 0 Å². The number of anilines is 1. The van der Waals surface area contributed by atoms with Crippen molar-refractivity contribution in [1.29, 1.82) is 0 Å². The fourth-order valence-corrected chi connectivity index (χ4v) is 5.57. The third kappa shape index (κ3) is 4.91. The summed E-state index contributed by atoms with van der Waals surface area (Å²) in [5.74, 6) is -0.192. The Morgan fingerprint density at radius 1 is 0.781 bits per heavy atom. The molecule has 1 amide bonds. The van der Waals surface area contributed by atoms with Crippen LogP contribution in [0.1, 0.15) is 24.1 Å². The molecule has 0 saturated carbocycles. The largest absolute Gasteiger partial charge is 0.326 e. The van der Waals surface area contributed by atoms with Gasteiger partial charge in [-0.25, -0.2) is 8.42 Å². The molecule has 0 radical (unpaired) electrons. The Kier molecular flexibility index (Phi) is 6.69. The maximum absolute atomic E-state index is 13.2. The van der Waals surface area contributed by atoms with Gasteiger partial charge in [0.25, 0.3) is 0 Å². The highest BCUT2D eigenvalue weighted by Crippen LogP contribution is 2.30. The highest BCUT2D eigenvalue weighted by Gasteiger charge is 2.32. The normalized spacial score (nSPS) is 15.6. The van der Waals surface area contributed by atoms with E-state index in [4.69, 9.17) is 0 Å². The first-order valence-electron chi connectivity index (χ1n) is 10.7. The van der Waals surface area contributed by atoms with E-state index in [1.165, 1.54) is 18.1 Å². The standard InChI is InChI=1S/C25H27N3O3S/c1-20(29)26-23-12-14-24(15-13-23)32(30,31)28-18-16-27(17-19-28)25(21-8-4-2-5-9-21)22-10-6-3-7-11-22/h2-15,25H,16-19H2,1H3,(H,26,29). The summed E-state index contributed by atoms with van der Waals surface area (Å²) < 4.78 is 27.9. The van der Waals surface area contributed by atoms with Crippen molar-refractivity contribution in [2.24, 2.45) is 0 Å². The molecular formula is C25H27N3O3S. The van der Waals surface area contributed by atoms with Crippen molar-refractivity contribution in [3.8, 4) is 0 Å². The number of piperazine rings is 1. The van der Waals surface area contributed by atoms with Gasteiger partial charge in [-0.05, 0) is 35.4 Å². The van der Waals surface area contributed by atoms with Gasteiger partial charge >= 0.3 is 0 Å². The molecule has 166 valence electrons. The van der Waals surface area contributed by atoms with E-state index < -0.39 is 10.0 Å². The predicted molar refractivity (Wildman–Crippen MR) is 126 cm³/mol. The van der Waals surface area contributed by atoms with Gasteiger partial charge in [-0.3, -0.25) is 9.69 Å². The molecule has 6 nitrogen and oxygen atoms in total. The molecule has 1 heterocycles. The van der Waals surface area contributed by atoms with E-state index in [-0.39, 0.29) is 16.8 Å². The number of carbonyl (C=O) groups excluding carboxylic acids is 1. The number of nitrogens with one attached hydrogen (secondary N) is 1. The summed E-state index contributed by atoms with van der Waals surface area (Å²) in [7, 11) is -3.59. The number of amides is 1. The fraction of sp³-hybridized carbons (Fsp3) is 0.240. The van der Waals surface area contributed by atoms with Gasteiger partial charge in [-0.2, -0.15) is 4.31 Å². The molecular weight excluding hydrogens is 422 g/mol. The van der Waals surface area contributed by atoms with Gasteiger partial charge in [-0.1, -0.05) is 60.7 Å². The van der Waals surface area contributed by atoms with Crippen LogP contribution in [0.3, 0.4) is 0 Å². The fourth-order valence-electron chi connectivity index (χ4n) is 4.15. The SMILES string of the molecule is CC(=O)Nc1ccc(S(=O)(=O)N2CCN(C(c3ccccc3)c3ccccc3)CC2)cc1. The molecule has 32 heavy (non-hydrogen) atoms. The topological polar surface area (TPSA) is 69.7 Å². The Balaban J connectivity index is 1.50. The van der Waals surface area contributed by atoms with Crippen molar-refractivity contribution in [2.75, 3.05) is 31.5 Å². The van der Waals surface area contributed by atoms with Crippen LogP contribution in [0.4, 0.5) is 5.69 Å². The quantitative estimate of drug-likeness (QED) is 0.622. The van der Waals surface area contributed by atoms with E-state index in [9.17, 15) is 13.2 Å². The lowest BCUT2D eigenvalue weighted by atomic mass is 9.96. The maximum Gasteiger partial charge on any atom is 0.243 e. The molecule has 0 spiro atoms. The number of sulfonamides is 1. The number of carbonyl (C=O) groups is 1. The molecule has 1 aliphatic heterocycles. The minimum Gasteiger partial charge on any atom is -0.326 e. The summed E-state index contributed by atoms with van der Waals surface area (Å²) in [6.45, 7) is 3.54. The molecule has 7 heteroatoms. The van der Waals surface area contributed by atoms with Gasteiger partial charge in [0, 0.05) is 38.8 Å². The summed E-state index contributed by atoms with van der Waals surface area (Å²) in [5, 5.41) is 2.66. The van der Waals surface area contributed by atoms with Gasteiger partial charge in [0.05, 0.1) is 10.9 Å². The molecule has 0 atom stereocenters. The van der Waals surface area contributed by atoms with Crippen molar-refractivity contribution in [1.82, 2.24) is 9.21 Å². The van der Waals surface area contributed by atoms with Crippen molar-refractivity contribution in [3.05, 3.63) is 96.1 Å². The van der Waals surface area contributed by atoms with E-state index in [0.29, 0.717) is 31.9 Å². The zero-order valence-electron chi connectivity index (χ0n) is 18.0. The second kappa shape index (κ2) is 9.65. The van der Waals surface area contributed by atoms with E-state index in [2.05, 4.69) is 34.5 Å². The minimum absolute atomic E-state index is 0.0826. The van der Waals surface area contributed by atoms with Gasteiger partial charge in [0.2, 0.25) is 15.9 Å². The molecule has 1 N–H and O–H groups in total. The molecule has 0 aromatic heterocycles. The van der Waals surface area contributed by atoms with E-state index in [0.717, 1.165) is 0 Å². The lowest BCUT2D eigenvalue weighted by Crippen LogP contribution is -2.49. The molecule has 0 aliphatic carbocycles. The summed E-state index contributed by atoms with van der Waals surface area (Å²) in [4.78, 5) is 13.8. The molecule has 1 aliphatic rings. The van der Waals surface area contributed by atoms with Crippen molar-refractivity contribution < 1.29 is 13.2 Å². The number of nitrogens with zero attached hydrogens (tertiary/aromatic N) is 2. The van der Waals surface area contributed by atoms with Crippen LogP contribution in [0.25, 0.3) is 0 Å². The Morgan fingerprint density at radius 2 is 1.28 bits per heavy atom. The molecule has 0 bridgehead atoms. The molecule has 3 aromatic rings. The van der Waals surface area contributed by atoms with Crippen LogP contribution in [0, 0.1) is 0 Å². The van der Waals surface area contributed by atoms with Crippen LogP contribution in [0.5, 0.6) is 0 Å². The zero-order valence-corrected chi connectivity index (χ0v) is 18.8. The van der Waals surface area contributed by atoms with Crippen molar-refractivity contribution in [2.45, 2.75) is 17.9 Å². The maximum atomic E-state index is 13.2. The van der Waals surface area contributed by atoms with E-state index in [1.807, 2.05) is 36.4 Å². The molecule has 0 unspecified atom stereocenters. The summed E-state index contributed by atoms with van der Waals surface area (Å²) in [6.07, 6.45) is 0. The summed E-state index contributed by atoms with van der Waals surface area (Å²) in [6, 6.07) is 27.1. The van der Waals surface area contributed by atoms with E-state index in [1.54, 1.807) is 28.6 Å². The average Bonchev–Trinajstić information content (AvgIpc) is 2.81. The molecule has 4 rings (SSSR count). The number of hydrogen-bond donors (Lipinski definition) is 1. The van der Waals surface area contributed by atoms with Crippen molar-refractivity contribution >= 4 is 21.6 Å². The third-order valence-electron chi connectivity index (χ3n) is 5.68. The smallest absolute Gasteiger partial charge is 0.243 e. The lowest BCUT2D eigenvalue weighted by Gasteiger charge is -2.39. The van der Waals surface area contributed by atoms with Gasteiger partial charge in [0.1, 0.15) is 0 Å². The second-order valence-corrected chi connectivity index (χ2v) is 9.81. The molecule has 1 fully saturated rings. The first-order valence-corrected chi connectivity index (χ1v) is 12.1.